The van der Waals surface area contributed by atoms with E-state index in [-0.39, 0.29) is 33.7 Å². The highest BCUT2D eigenvalue weighted by atomic mass is 16.2. The number of quaternary nitrogens is 4. The van der Waals surface area contributed by atoms with Crippen molar-refractivity contribution in [3.8, 4) is 0 Å². The number of aryl methyl sites for hydroxylation is 4. The number of rotatable bonds is 86. The maximum atomic E-state index is 14.7. The fourth-order valence-corrected chi connectivity index (χ4v) is 21.2. The first-order chi connectivity index (χ1) is 63.7. The standard InChI is InChI=1S/C109H204N16O6/c1-16-28-32-36-40-44-52-68-84-122(20-5,21-6)88-72-56-64-79-117-98(14)102(105(127)120(108(117)130)82-66-58-74-90-124(24-9,25-10)86-70-54-46-42-38-34-30-18-3)92-100-95-115(112-110-100)77-61-49-48-60-76-114-94-97(13)104(126)119(107(114)129)81-63-51-50-62-78-116-96-101(111-113-116)93-103-99(15)118(80-65-57-73-89-123(22-7,23-8)85-69-53-45-41-37-33-29-17-2)109(131)121(106(103)128)83-67-59-75-91-125(26-11,27-12)87-71-55-47-43-39-35-31-19-4/h94-96H,16-93H2,1-15H3/q+4. The van der Waals surface area contributed by atoms with Crippen molar-refractivity contribution in [3.05, 3.63) is 121 Å². The number of aromatic nitrogens is 12. The fourth-order valence-electron chi connectivity index (χ4n) is 21.2. The quantitative estimate of drug-likeness (QED) is 0.0267. The van der Waals surface area contributed by atoms with Crippen LogP contribution in [0.2, 0.25) is 0 Å². The molecule has 22 nitrogen and oxygen atoms in total. The highest BCUT2D eigenvalue weighted by molar-refractivity contribution is 5.24. The normalized spacial score (nSPS) is 12.4. The Hall–Kier alpha value is -5.84. The highest BCUT2D eigenvalue weighted by Gasteiger charge is 2.29. The molecule has 22 heteroatoms. The molecule has 0 aliphatic rings. The summed E-state index contributed by atoms with van der Waals surface area (Å²) in [5.41, 5.74) is 3.51. The van der Waals surface area contributed by atoms with Gasteiger partial charge in [-0.2, -0.15) is 0 Å². The molecule has 0 N–H and O–H groups in total. The average Bonchev–Trinajstić information content (AvgIpc) is 1.59. The van der Waals surface area contributed by atoms with Gasteiger partial charge in [0.1, 0.15) is 0 Å². The van der Waals surface area contributed by atoms with E-state index >= 15 is 0 Å². The van der Waals surface area contributed by atoms with Gasteiger partial charge in [0.05, 0.1) is 116 Å². The molecule has 0 fully saturated rings. The maximum Gasteiger partial charge on any atom is 0.331 e. The second-order valence-electron chi connectivity index (χ2n) is 40.6. The van der Waals surface area contributed by atoms with Crippen LogP contribution in [0, 0.1) is 20.8 Å². The van der Waals surface area contributed by atoms with E-state index in [0.717, 1.165) is 218 Å². The molecule has 5 heterocycles. The third-order valence-corrected chi connectivity index (χ3v) is 31.3. The van der Waals surface area contributed by atoms with Crippen molar-refractivity contribution < 1.29 is 17.9 Å². The molecule has 0 spiro atoms. The minimum absolute atomic E-state index is 0.177. The van der Waals surface area contributed by atoms with Crippen LogP contribution in [0.15, 0.2) is 47.4 Å². The zero-order valence-corrected chi connectivity index (χ0v) is 88.0. The molecule has 131 heavy (non-hydrogen) atoms. The molecule has 5 aromatic rings. The first kappa shape index (κ1) is 116. The molecule has 752 valence electrons. The zero-order valence-electron chi connectivity index (χ0n) is 88.0. The lowest BCUT2D eigenvalue weighted by Gasteiger charge is -2.37. The summed E-state index contributed by atoms with van der Waals surface area (Å²) in [6, 6.07) is 0. The average molecular weight is 1830 g/mol. The predicted octanol–water partition coefficient (Wildman–Crippen LogP) is 23.1. The molecule has 0 aliphatic heterocycles. The van der Waals surface area contributed by atoms with E-state index in [2.05, 4.69) is 104 Å². The van der Waals surface area contributed by atoms with Crippen LogP contribution in [-0.2, 0) is 65.2 Å². The van der Waals surface area contributed by atoms with Gasteiger partial charge in [-0.15, -0.1) is 10.2 Å². The van der Waals surface area contributed by atoms with Crippen LogP contribution < -0.4 is 33.7 Å². The lowest BCUT2D eigenvalue weighted by Crippen LogP contribution is -2.49. The number of hydrogen-bond donors (Lipinski definition) is 0. The number of hydrogen-bond acceptors (Lipinski definition) is 10. The SMILES string of the molecule is CCCCCCCCCC[N+](CC)(CC)CCCCCn1c(C)c(Cc2cn(CCCCCCn3cc(C)c(=O)n(CCCCCCn4cc(Cc5c(C)n(CCCCC[N+](CC)(CC)CCCCCCCCCC)c(=O)n(CCCCC[N+](CC)(CC)CCCCCCCCCC)c5=O)nn4)c3=O)nn2)c(=O)n(CCCCC[N+](CC)(CC)CCCCCCCCCC)c1=O. The van der Waals surface area contributed by atoms with E-state index in [1.54, 1.807) is 26.8 Å². The van der Waals surface area contributed by atoms with Crippen molar-refractivity contribution in [2.45, 2.75) is 503 Å². The maximum absolute atomic E-state index is 14.7. The lowest BCUT2D eigenvalue weighted by atomic mass is 10.1. The summed E-state index contributed by atoms with van der Waals surface area (Å²) in [5, 5.41) is 18.3. The van der Waals surface area contributed by atoms with Gasteiger partial charge in [-0.3, -0.25) is 46.6 Å². The molecule has 0 saturated carbocycles. The van der Waals surface area contributed by atoms with Crippen molar-refractivity contribution in [3.63, 3.8) is 0 Å². The van der Waals surface area contributed by atoms with Crippen molar-refractivity contribution in [1.82, 2.24) is 57.4 Å². The van der Waals surface area contributed by atoms with E-state index < -0.39 is 0 Å². The van der Waals surface area contributed by atoms with E-state index in [1.807, 2.05) is 44.7 Å². The molecule has 0 unspecified atom stereocenters. The third-order valence-electron chi connectivity index (χ3n) is 31.3. The summed E-state index contributed by atoms with van der Waals surface area (Å²) in [6.07, 6.45) is 67.6. The highest BCUT2D eigenvalue weighted by Crippen LogP contribution is 2.23. The van der Waals surface area contributed by atoms with Gasteiger partial charge in [0.15, 0.2) is 0 Å². The van der Waals surface area contributed by atoms with Gasteiger partial charge < -0.3 is 22.5 Å². The van der Waals surface area contributed by atoms with Crippen LogP contribution in [0.25, 0.3) is 0 Å². The Kier molecular flexibility index (Phi) is 60.2. The summed E-state index contributed by atoms with van der Waals surface area (Å²) in [7, 11) is 0. The van der Waals surface area contributed by atoms with Gasteiger partial charge in [0, 0.05) is 112 Å². The van der Waals surface area contributed by atoms with Crippen molar-refractivity contribution in [2.24, 2.45) is 0 Å². The van der Waals surface area contributed by atoms with Gasteiger partial charge >= 0.3 is 17.1 Å². The molecular weight excluding hydrogens is 1630 g/mol. The molecule has 5 rings (SSSR count). The first-order valence-corrected chi connectivity index (χ1v) is 55.8. The molecule has 0 bridgehead atoms. The van der Waals surface area contributed by atoms with Crippen LogP contribution in [0.3, 0.4) is 0 Å². The monoisotopic (exact) mass is 1830 g/mol. The van der Waals surface area contributed by atoms with Crippen molar-refractivity contribution in [2.75, 3.05) is 105 Å². The van der Waals surface area contributed by atoms with Gasteiger partial charge in [0.2, 0.25) is 0 Å². The summed E-state index contributed by atoms with van der Waals surface area (Å²) in [6.45, 7) is 56.7. The summed E-state index contributed by atoms with van der Waals surface area (Å²) < 4.78 is 18.4. The smallest absolute Gasteiger partial charge is 0.324 e. The van der Waals surface area contributed by atoms with Crippen molar-refractivity contribution in [1.29, 1.82) is 0 Å². The van der Waals surface area contributed by atoms with E-state index in [4.69, 9.17) is 0 Å². The second kappa shape index (κ2) is 68.2. The lowest BCUT2D eigenvalue weighted by molar-refractivity contribution is -0.925. The Balaban J connectivity index is 1.15. The summed E-state index contributed by atoms with van der Waals surface area (Å²) >= 11 is 0. The molecule has 0 atom stereocenters. The van der Waals surface area contributed by atoms with Crippen molar-refractivity contribution >= 4 is 0 Å². The molecule has 0 amide bonds. The minimum Gasteiger partial charge on any atom is -0.324 e. The molecule has 0 radical (unpaired) electrons. The topological polar surface area (TPSA) is 193 Å². The molecule has 5 aromatic heterocycles. The van der Waals surface area contributed by atoms with Crippen LogP contribution >= 0.6 is 0 Å². The first-order valence-electron chi connectivity index (χ1n) is 55.8. The predicted molar refractivity (Wildman–Crippen MR) is 552 cm³/mol. The Labute approximate surface area is 799 Å². The fraction of sp³-hybridized carbons (Fsp3) is 0.853. The Morgan fingerprint density at radius 1 is 0.229 bits per heavy atom. The van der Waals surface area contributed by atoms with Crippen LogP contribution in [0.5, 0.6) is 0 Å². The Morgan fingerprint density at radius 3 is 0.702 bits per heavy atom. The second-order valence-corrected chi connectivity index (χ2v) is 40.6. The minimum atomic E-state index is -0.262. The molecule has 0 aromatic carbocycles. The molecular formula is C109H204N16O6+4. The van der Waals surface area contributed by atoms with Gasteiger partial charge in [-0.05, 0) is 230 Å². The van der Waals surface area contributed by atoms with Crippen LogP contribution in [-0.4, -0.2) is 180 Å². The van der Waals surface area contributed by atoms with E-state index in [1.165, 1.54) is 254 Å². The van der Waals surface area contributed by atoms with Gasteiger partial charge in [0.25, 0.3) is 16.7 Å². The van der Waals surface area contributed by atoms with Gasteiger partial charge in [-0.1, -0.05) is 218 Å². The molecule has 0 aliphatic carbocycles. The van der Waals surface area contributed by atoms with E-state index in [9.17, 15) is 28.8 Å². The number of nitrogens with zero attached hydrogens (tertiary/aromatic N) is 16. The number of unbranched alkanes of at least 4 members (excludes halogenated alkanes) is 42. The largest absolute Gasteiger partial charge is 0.331 e. The molecule has 0 saturated heterocycles. The van der Waals surface area contributed by atoms with Gasteiger partial charge in [-0.25, -0.2) is 14.4 Å². The third kappa shape index (κ3) is 42.0. The Bertz CT molecular complexity index is 4160. The summed E-state index contributed by atoms with van der Waals surface area (Å²) in [5.74, 6) is 0. The Morgan fingerprint density at radius 2 is 0.443 bits per heavy atom. The van der Waals surface area contributed by atoms with Crippen LogP contribution in [0.1, 0.15) is 456 Å². The summed E-state index contributed by atoms with van der Waals surface area (Å²) in [4.78, 5) is 86.1. The van der Waals surface area contributed by atoms with Crippen LogP contribution in [0.4, 0.5) is 0 Å². The van der Waals surface area contributed by atoms with E-state index in [0.29, 0.717) is 94.0 Å². The zero-order chi connectivity index (χ0) is 95.2.